The van der Waals surface area contributed by atoms with Crippen molar-refractivity contribution in [3.05, 3.63) is 88.2 Å². The fraction of sp³-hybridized carbons (Fsp3) is 0.267. The Bertz CT molecular complexity index is 1760. The minimum absolute atomic E-state index is 0.0934. The van der Waals surface area contributed by atoms with Crippen molar-refractivity contribution in [3.8, 4) is 0 Å². The Kier molecular flexibility index (Phi) is 8.16. The molecule has 4 heterocycles. The van der Waals surface area contributed by atoms with Gasteiger partial charge in [-0.05, 0) is 67.3 Å². The first kappa shape index (κ1) is 27.9. The predicted molar refractivity (Wildman–Crippen MR) is 162 cm³/mol. The van der Waals surface area contributed by atoms with Crippen LogP contribution in [0.2, 0.25) is 10.0 Å². The van der Waals surface area contributed by atoms with E-state index >= 15 is 0 Å². The summed E-state index contributed by atoms with van der Waals surface area (Å²) >= 11 is 12.8. The number of anilines is 1. The van der Waals surface area contributed by atoms with Crippen molar-refractivity contribution in [1.29, 1.82) is 0 Å². The molecule has 1 aliphatic rings. The van der Waals surface area contributed by atoms with Crippen LogP contribution in [-0.4, -0.2) is 54.7 Å². The molecular formula is C30H28Cl2N8O2. The van der Waals surface area contributed by atoms with Crippen LogP contribution < -0.4 is 10.6 Å². The molecule has 1 saturated heterocycles. The highest BCUT2D eigenvalue weighted by molar-refractivity contribution is 6.35. The third-order valence-electron chi connectivity index (χ3n) is 7.35. The molecule has 1 unspecified atom stereocenters. The smallest absolute Gasteiger partial charge is 0.255 e. The van der Waals surface area contributed by atoms with Gasteiger partial charge in [0.1, 0.15) is 18.0 Å². The number of benzene rings is 2. The Balaban J connectivity index is 1.27. The molecule has 0 bridgehead atoms. The fourth-order valence-electron chi connectivity index (χ4n) is 5.12. The number of hydrogen-bond donors (Lipinski definition) is 3. The molecule has 12 heteroatoms. The molecule has 6 rings (SSSR count). The Morgan fingerprint density at radius 2 is 1.81 bits per heavy atom. The van der Waals surface area contributed by atoms with Gasteiger partial charge in [0.25, 0.3) is 5.91 Å². The molecule has 214 valence electrons. The summed E-state index contributed by atoms with van der Waals surface area (Å²) in [7, 11) is 0. The summed E-state index contributed by atoms with van der Waals surface area (Å²) in [5, 5.41) is 7.99. The van der Waals surface area contributed by atoms with E-state index in [1.807, 2.05) is 23.1 Å². The number of carbonyl (C=O) groups excluding carboxylic acids is 2. The molecule has 0 spiro atoms. The third kappa shape index (κ3) is 6.14. The van der Waals surface area contributed by atoms with Gasteiger partial charge in [-0.25, -0.2) is 15.0 Å². The molecule has 2 amide bonds. The number of H-pyrrole nitrogens is 1. The molecule has 10 nitrogen and oxygen atoms in total. The summed E-state index contributed by atoms with van der Waals surface area (Å²) in [5.74, 6) is 0.957. The minimum atomic E-state index is -0.411. The Hall–Kier alpha value is -4.28. The maximum atomic E-state index is 13.1. The molecule has 2 aromatic carbocycles. The van der Waals surface area contributed by atoms with Gasteiger partial charge in [0.05, 0.1) is 33.2 Å². The van der Waals surface area contributed by atoms with Crippen molar-refractivity contribution in [1.82, 2.24) is 35.1 Å². The lowest BCUT2D eigenvalue weighted by molar-refractivity contribution is -0.121. The van der Waals surface area contributed by atoms with E-state index in [1.54, 1.807) is 36.7 Å². The second-order valence-electron chi connectivity index (χ2n) is 10.2. The Labute approximate surface area is 251 Å². The van der Waals surface area contributed by atoms with Crippen LogP contribution in [0.25, 0.3) is 21.9 Å². The number of likely N-dealkylation sites (tertiary alicyclic amines) is 1. The van der Waals surface area contributed by atoms with Crippen molar-refractivity contribution < 1.29 is 9.59 Å². The van der Waals surface area contributed by atoms with Gasteiger partial charge in [0.15, 0.2) is 0 Å². The highest BCUT2D eigenvalue weighted by atomic mass is 35.5. The van der Waals surface area contributed by atoms with Crippen molar-refractivity contribution in [3.63, 3.8) is 0 Å². The summed E-state index contributed by atoms with van der Waals surface area (Å²) in [5.41, 5.74) is 3.52. The van der Waals surface area contributed by atoms with Crippen LogP contribution in [0.15, 0.2) is 61.2 Å². The second-order valence-corrected chi connectivity index (χ2v) is 11.1. The molecule has 0 aliphatic carbocycles. The largest absolute Gasteiger partial charge is 0.359 e. The second kappa shape index (κ2) is 12.3. The summed E-state index contributed by atoms with van der Waals surface area (Å²) in [4.78, 5) is 48.7. The minimum Gasteiger partial charge on any atom is -0.359 e. The normalized spacial score (nSPS) is 13.9. The zero-order chi connectivity index (χ0) is 29.1. The summed E-state index contributed by atoms with van der Waals surface area (Å²) in [6.45, 7) is 1.87. The average Bonchev–Trinajstić information content (AvgIpc) is 3.69. The van der Waals surface area contributed by atoms with E-state index in [9.17, 15) is 9.59 Å². The van der Waals surface area contributed by atoms with Gasteiger partial charge >= 0.3 is 0 Å². The van der Waals surface area contributed by atoms with Crippen LogP contribution in [0.1, 0.15) is 53.5 Å². The topological polar surface area (TPSA) is 129 Å². The number of halogens is 2. The van der Waals surface area contributed by atoms with E-state index in [0.29, 0.717) is 56.6 Å². The number of aromatic amines is 1. The van der Waals surface area contributed by atoms with Gasteiger partial charge in [0, 0.05) is 48.9 Å². The molecule has 1 atom stereocenters. The monoisotopic (exact) mass is 602 g/mol. The first-order chi connectivity index (χ1) is 20.4. The van der Waals surface area contributed by atoms with Gasteiger partial charge in [-0.3, -0.25) is 14.6 Å². The van der Waals surface area contributed by atoms with E-state index in [2.05, 4.69) is 30.6 Å². The van der Waals surface area contributed by atoms with E-state index in [0.717, 1.165) is 37.0 Å². The molecule has 0 radical (unpaired) electrons. The lowest BCUT2D eigenvalue weighted by Crippen LogP contribution is -2.27. The van der Waals surface area contributed by atoms with Crippen LogP contribution in [0.4, 0.5) is 5.82 Å². The molecule has 1 fully saturated rings. The average molecular weight is 604 g/mol. The highest BCUT2D eigenvalue weighted by Gasteiger charge is 2.24. The van der Waals surface area contributed by atoms with Gasteiger partial charge in [-0.2, -0.15) is 0 Å². The van der Waals surface area contributed by atoms with E-state index < -0.39 is 6.04 Å². The van der Waals surface area contributed by atoms with Crippen LogP contribution in [0.5, 0.6) is 0 Å². The number of hydrogen-bond acceptors (Lipinski definition) is 7. The number of pyridine rings is 1. The van der Waals surface area contributed by atoms with Gasteiger partial charge in [-0.15, -0.1) is 0 Å². The molecular weight excluding hydrogens is 575 g/mol. The van der Waals surface area contributed by atoms with Crippen LogP contribution in [-0.2, 0) is 11.3 Å². The maximum absolute atomic E-state index is 13.1. The van der Waals surface area contributed by atoms with Crippen LogP contribution in [0, 0.1) is 0 Å². The molecule has 5 aromatic rings. The third-order valence-corrected chi connectivity index (χ3v) is 7.90. The number of carbonyl (C=O) groups is 2. The van der Waals surface area contributed by atoms with Crippen molar-refractivity contribution in [2.45, 2.75) is 38.3 Å². The molecule has 0 saturated carbocycles. The summed E-state index contributed by atoms with van der Waals surface area (Å²) in [6, 6.07) is 12.2. The van der Waals surface area contributed by atoms with Crippen molar-refractivity contribution in [2.24, 2.45) is 0 Å². The van der Waals surface area contributed by atoms with Crippen LogP contribution >= 0.6 is 23.2 Å². The predicted octanol–water partition coefficient (Wildman–Crippen LogP) is 5.69. The highest BCUT2D eigenvalue weighted by Crippen LogP contribution is 2.32. The molecule has 3 N–H and O–H groups in total. The lowest BCUT2D eigenvalue weighted by atomic mass is 10.1. The van der Waals surface area contributed by atoms with Crippen LogP contribution in [0.3, 0.4) is 0 Å². The summed E-state index contributed by atoms with van der Waals surface area (Å²) < 4.78 is 0. The number of rotatable bonds is 9. The first-order valence-corrected chi connectivity index (χ1v) is 14.5. The zero-order valence-corrected chi connectivity index (χ0v) is 24.1. The molecule has 42 heavy (non-hydrogen) atoms. The Morgan fingerprint density at radius 3 is 2.62 bits per heavy atom. The number of aromatic nitrogens is 5. The fourth-order valence-corrected chi connectivity index (χ4v) is 5.53. The van der Waals surface area contributed by atoms with Gasteiger partial charge in [0.2, 0.25) is 5.91 Å². The number of nitrogens with zero attached hydrogens (tertiary/aromatic N) is 5. The molecule has 3 aromatic heterocycles. The maximum Gasteiger partial charge on any atom is 0.255 e. The Morgan fingerprint density at radius 1 is 1.00 bits per heavy atom. The quantitative estimate of drug-likeness (QED) is 0.197. The van der Waals surface area contributed by atoms with Crippen molar-refractivity contribution in [2.75, 3.05) is 18.4 Å². The van der Waals surface area contributed by atoms with Crippen molar-refractivity contribution >= 4 is 62.8 Å². The lowest BCUT2D eigenvalue weighted by Gasteiger charge is -2.19. The number of fused-ring (bicyclic) bond motifs is 2. The van der Waals surface area contributed by atoms with E-state index in [-0.39, 0.29) is 18.2 Å². The first-order valence-electron chi connectivity index (χ1n) is 13.8. The molecule has 1 aliphatic heterocycles. The van der Waals surface area contributed by atoms with E-state index in [4.69, 9.17) is 28.2 Å². The van der Waals surface area contributed by atoms with E-state index in [1.165, 1.54) is 6.33 Å². The summed E-state index contributed by atoms with van der Waals surface area (Å²) in [6.07, 6.45) is 7.46. The SMILES string of the molecule is O=C(CCC(Nc1ncnc2cc(C(=O)N3CCCC3)c(Cl)cc12)c1nc2cc(Cl)ccc2[nH]1)NCc1ccncc1. The standard InChI is InChI=1S/C30H28Cl2N8O2/c31-19-3-4-23-26(13-19)39-29(37-23)24(5-6-27(41)34-16-18-7-9-33-10-8-18)38-28-21-14-22(32)20(15-25(21)35-17-36-28)30(42)40-11-1-2-12-40/h3-4,7-10,13-15,17,24H,1-2,5-6,11-12,16H2,(H,34,41)(H,37,39)(H,35,36,38). The number of nitrogens with one attached hydrogen (secondary N) is 3. The number of imidazole rings is 1. The van der Waals surface area contributed by atoms with Gasteiger partial charge in [-0.1, -0.05) is 23.2 Å². The number of amides is 2. The van der Waals surface area contributed by atoms with Gasteiger partial charge < -0.3 is 20.5 Å². The zero-order valence-electron chi connectivity index (χ0n) is 22.6.